The number of benzene rings is 1. The second-order valence-electron chi connectivity index (χ2n) is 6.95. The van der Waals surface area contributed by atoms with Gasteiger partial charge in [0.15, 0.2) is 10.9 Å². The smallest absolute Gasteiger partial charge is 0.310 e. The number of hydrogen-bond donors (Lipinski definition) is 0. The molecule has 0 aliphatic heterocycles. The maximum atomic E-state index is 12.3. The first-order valence-electron chi connectivity index (χ1n) is 9.71. The van der Waals surface area contributed by atoms with Crippen molar-refractivity contribution in [2.24, 2.45) is 0 Å². The van der Waals surface area contributed by atoms with Gasteiger partial charge in [0, 0.05) is 11.8 Å². The third kappa shape index (κ3) is 5.02. The van der Waals surface area contributed by atoms with Crippen LogP contribution in [0.3, 0.4) is 0 Å². The molecule has 1 aliphatic rings. The minimum absolute atomic E-state index is 0.111. The Hall–Kier alpha value is -2.26. The Morgan fingerprint density at radius 1 is 1.07 bits per heavy atom. The van der Waals surface area contributed by atoms with E-state index in [-0.39, 0.29) is 5.75 Å². The summed E-state index contributed by atoms with van der Waals surface area (Å²) in [5.74, 6) is 1.92. The lowest BCUT2D eigenvalue weighted by Crippen LogP contribution is -2.17. The average molecular weight is 434 g/mol. The minimum Gasteiger partial charge on any atom is -0.461 e. The van der Waals surface area contributed by atoms with Crippen molar-refractivity contribution >= 4 is 21.9 Å². The van der Waals surface area contributed by atoms with Gasteiger partial charge >= 0.3 is 10.1 Å². The highest BCUT2D eigenvalue weighted by Gasteiger charge is 2.25. The standard InChI is InChI=1S/C20H23N3O4S2/c24-29(25,27-17-10-5-2-6-11-17)15-14-28-20-22-21-19(18-12-7-13-26-18)23(20)16-8-3-1-4-9-16/h2,5-7,10-13,16H,1,3-4,8-9,14-15H2. The van der Waals surface area contributed by atoms with E-state index in [4.69, 9.17) is 8.60 Å². The van der Waals surface area contributed by atoms with Crippen molar-refractivity contribution < 1.29 is 17.0 Å². The van der Waals surface area contributed by atoms with Gasteiger partial charge in [-0.15, -0.1) is 10.2 Å². The van der Waals surface area contributed by atoms with Crippen molar-refractivity contribution in [3.63, 3.8) is 0 Å². The third-order valence-electron chi connectivity index (χ3n) is 4.88. The predicted octanol–water partition coefficient (Wildman–Crippen LogP) is 4.54. The van der Waals surface area contributed by atoms with Crippen LogP contribution in [-0.4, -0.2) is 34.7 Å². The van der Waals surface area contributed by atoms with E-state index < -0.39 is 10.1 Å². The summed E-state index contributed by atoms with van der Waals surface area (Å²) in [7, 11) is -3.68. The van der Waals surface area contributed by atoms with Gasteiger partial charge in [-0.25, -0.2) is 0 Å². The molecule has 0 radical (unpaired) electrons. The summed E-state index contributed by atoms with van der Waals surface area (Å²) in [4.78, 5) is 0. The molecule has 1 aromatic carbocycles. The highest BCUT2D eigenvalue weighted by Crippen LogP contribution is 2.35. The third-order valence-corrected chi connectivity index (χ3v) is 7.23. The highest BCUT2D eigenvalue weighted by molar-refractivity contribution is 8.00. The van der Waals surface area contributed by atoms with Crippen LogP contribution in [0.4, 0.5) is 0 Å². The van der Waals surface area contributed by atoms with Crippen LogP contribution in [0.15, 0.2) is 58.3 Å². The van der Waals surface area contributed by atoms with Gasteiger partial charge in [0.1, 0.15) is 5.75 Å². The summed E-state index contributed by atoms with van der Waals surface area (Å²) >= 11 is 1.38. The van der Waals surface area contributed by atoms with Crippen molar-refractivity contribution in [1.82, 2.24) is 14.8 Å². The van der Waals surface area contributed by atoms with Crippen LogP contribution in [0.1, 0.15) is 38.1 Å². The van der Waals surface area contributed by atoms with E-state index in [2.05, 4.69) is 14.8 Å². The van der Waals surface area contributed by atoms with E-state index in [1.54, 1.807) is 30.5 Å². The number of hydrogen-bond acceptors (Lipinski definition) is 7. The van der Waals surface area contributed by atoms with E-state index >= 15 is 0 Å². The molecule has 3 aromatic rings. The normalized spacial score (nSPS) is 15.4. The van der Waals surface area contributed by atoms with Crippen molar-refractivity contribution in [2.45, 2.75) is 43.3 Å². The van der Waals surface area contributed by atoms with Crippen LogP contribution in [0.25, 0.3) is 11.6 Å². The number of aromatic nitrogens is 3. The Morgan fingerprint density at radius 2 is 1.86 bits per heavy atom. The Morgan fingerprint density at radius 3 is 2.59 bits per heavy atom. The molecule has 7 nitrogen and oxygen atoms in total. The number of rotatable bonds is 8. The largest absolute Gasteiger partial charge is 0.461 e. The van der Waals surface area contributed by atoms with Gasteiger partial charge in [-0.3, -0.25) is 4.57 Å². The van der Waals surface area contributed by atoms with E-state index in [1.807, 2.05) is 18.2 Å². The minimum atomic E-state index is -3.68. The number of thioether (sulfide) groups is 1. The van der Waals surface area contributed by atoms with Gasteiger partial charge in [0.2, 0.25) is 5.82 Å². The lowest BCUT2D eigenvalue weighted by atomic mass is 9.95. The molecule has 4 rings (SSSR count). The zero-order chi connectivity index (χ0) is 20.1. The van der Waals surface area contributed by atoms with E-state index in [9.17, 15) is 8.42 Å². The quantitative estimate of drug-likeness (QED) is 0.380. The molecule has 0 amide bonds. The van der Waals surface area contributed by atoms with Gasteiger partial charge in [-0.1, -0.05) is 49.2 Å². The summed E-state index contributed by atoms with van der Waals surface area (Å²) in [5, 5.41) is 9.39. The molecule has 1 saturated carbocycles. The number of nitrogens with zero attached hydrogens (tertiary/aromatic N) is 3. The monoisotopic (exact) mass is 433 g/mol. The van der Waals surface area contributed by atoms with Gasteiger partial charge < -0.3 is 8.60 Å². The van der Waals surface area contributed by atoms with Crippen LogP contribution >= 0.6 is 11.8 Å². The van der Waals surface area contributed by atoms with Crippen LogP contribution in [0.5, 0.6) is 5.75 Å². The highest BCUT2D eigenvalue weighted by atomic mass is 32.2. The topological polar surface area (TPSA) is 87.2 Å². The molecule has 0 N–H and O–H groups in total. The Kier molecular flexibility index (Phi) is 6.25. The van der Waals surface area contributed by atoms with E-state index in [1.165, 1.54) is 31.0 Å². The van der Waals surface area contributed by atoms with Crippen molar-refractivity contribution in [2.75, 3.05) is 11.5 Å². The van der Waals surface area contributed by atoms with Gasteiger partial charge in [0.25, 0.3) is 0 Å². The molecule has 1 aliphatic carbocycles. The predicted molar refractivity (Wildman–Crippen MR) is 111 cm³/mol. The molecular formula is C20H23N3O4S2. The first-order valence-corrected chi connectivity index (χ1v) is 12.3. The van der Waals surface area contributed by atoms with Crippen LogP contribution in [-0.2, 0) is 10.1 Å². The first kappa shape index (κ1) is 20.0. The second-order valence-corrected chi connectivity index (χ2v) is 9.70. The Labute approximate surface area is 174 Å². The molecule has 0 bridgehead atoms. The van der Waals surface area contributed by atoms with Gasteiger partial charge in [0.05, 0.1) is 12.0 Å². The fourth-order valence-corrected chi connectivity index (χ4v) is 5.81. The molecule has 0 spiro atoms. The van der Waals surface area contributed by atoms with E-state index in [0.29, 0.717) is 29.1 Å². The molecule has 0 saturated heterocycles. The number of furan rings is 1. The molecule has 2 aromatic heterocycles. The lowest BCUT2D eigenvalue weighted by molar-refractivity contribution is 0.337. The summed E-state index contributed by atoms with van der Waals surface area (Å²) in [6, 6.07) is 12.5. The summed E-state index contributed by atoms with van der Waals surface area (Å²) < 4.78 is 37.4. The SMILES string of the molecule is O=S(=O)(CCSc1nnc(-c2ccco2)n1C1CCCCC1)Oc1ccccc1. The summed E-state index contributed by atoms with van der Waals surface area (Å²) in [6.45, 7) is 0. The molecule has 29 heavy (non-hydrogen) atoms. The van der Waals surface area contributed by atoms with Gasteiger partial charge in [-0.2, -0.15) is 8.42 Å². The average Bonchev–Trinajstić information content (AvgIpc) is 3.38. The molecular weight excluding hydrogens is 410 g/mol. The van der Waals surface area contributed by atoms with Crippen molar-refractivity contribution in [1.29, 1.82) is 0 Å². The fraction of sp³-hybridized carbons (Fsp3) is 0.400. The summed E-state index contributed by atoms with van der Waals surface area (Å²) in [6.07, 6.45) is 7.33. The fourth-order valence-electron chi connectivity index (χ4n) is 3.52. The van der Waals surface area contributed by atoms with Crippen molar-refractivity contribution in [3.8, 4) is 17.3 Å². The Balaban J connectivity index is 1.47. The van der Waals surface area contributed by atoms with Gasteiger partial charge in [-0.05, 0) is 37.1 Å². The van der Waals surface area contributed by atoms with Crippen LogP contribution in [0.2, 0.25) is 0 Å². The lowest BCUT2D eigenvalue weighted by Gasteiger charge is -2.25. The Bertz CT molecular complexity index is 1010. The van der Waals surface area contributed by atoms with Crippen LogP contribution in [0, 0.1) is 0 Å². The van der Waals surface area contributed by atoms with E-state index in [0.717, 1.165) is 18.0 Å². The van der Waals surface area contributed by atoms with Crippen LogP contribution < -0.4 is 4.18 Å². The number of para-hydroxylation sites is 1. The molecule has 0 unspecified atom stereocenters. The molecule has 154 valence electrons. The summed E-state index contributed by atoms with van der Waals surface area (Å²) in [5.41, 5.74) is 0. The molecule has 2 heterocycles. The molecule has 0 atom stereocenters. The maximum Gasteiger partial charge on any atom is 0.310 e. The first-order chi connectivity index (χ1) is 14.1. The maximum absolute atomic E-state index is 12.3. The molecule has 9 heteroatoms. The zero-order valence-corrected chi connectivity index (χ0v) is 17.6. The second kappa shape index (κ2) is 9.04. The van der Waals surface area contributed by atoms with Crippen molar-refractivity contribution in [3.05, 3.63) is 48.7 Å². The molecule has 1 fully saturated rings. The zero-order valence-electron chi connectivity index (χ0n) is 15.9.